The van der Waals surface area contributed by atoms with Gasteiger partial charge in [0.1, 0.15) is 0 Å². The summed E-state index contributed by atoms with van der Waals surface area (Å²) in [6.45, 7) is 2.74. The lowest BCUT2D eigenvalue weighted by molar-refractivity contribution is -0.0922. The zero-order chi connectivity index (χ0) is 10.5. The third kappa shape index (κ3) is 3.31. The molecule has 0 bridgehead atoms. The largest absolute Gasteiger partial charge is 0.377 e. The SMILES string of the molecule is ClCC1CCC2OCCOCCOC2C1. The van der Waals surface area contributed by atoms with Crippen LogP contribution in [0.4, 0.5) is 0 Å². The van der Waals surface area contributed by atoms with Crippen molar-refractivity contribution in [2.24, 2.45) is 5.92 Å². The molecular weight excluding hydrogens is 216 g/mol. The highest BCUT2D eigenvalue weighted by molar-refractivity contribution is 6.18. The average Bonchev–Trinajstić information content (AvgIpc) is 2.39. The van der Waals surface area contributed by atoms with E-state index in [1.165, 1.54) is 0 Å². The van der Waals surface area contributed by atoms with Gasteiger partial charge in [-0.05, 0) is 25.2 Å². The lowest BCUT2D eigenvalue weighted by Crippen LogP contribution is -2.38. The van der Waals surface area contributed by atoms with Gasteiger partial charge in [0.15, 0.2) is 0 Å². The standard InChI is InChI=1S/C11H19ClO3/c12-8-9-1-2-10-11(7-9)15-6-4-13-3-5-14-10/h9-11H,1-8H2. The van der Waals surface area contributed by atoms with Crippen molar-refractivity contribution in [3.05, 3.63) is 0 Å². The van der Waals surface area contributed by atoms with Crippen LogP contribution >= 0.6 is 11.6 Å². The molecule has 1 aliphatic heterocycles. The summed E-state index contributed by atoms with van der Waals surface area (Å²) in [4.78, 5) is 0. The van der Waals surface area contributed by atoms with Crippen molar-refractivity contribution >= 4 is 11.6 Å². The third-order valence-electron chi connectivity index (χ3n) is 3.18. The van der Waals surface area contributed by atoms with Gasteiger partial charge in [0, 0.05) is 5.88 Å². The molecule has 0 spiro atoms. The van der Waals surface area contributed by atoms with E-state index in [1.807, 2.05) is 0 Å². The maximum Gasteiger partial charge on any atom is 0.0840 e. The van der Waals surface area contributed by atoms with E-state index in [9.17, 15) is 0 Å². The van der Waals surface area contributed by atoms with Gasteiger partial charge in [-0.15, -0.1) is 11.6 Å². The van der Waals surface area contributed by atoms with E-state index in [-0.39, 0.29) is 12.2 Å². The van der Waals surface area contributed by atoms with Gasteiger partial charge in [-0.3, -0.25) is 0 Å². The number of halogens is 1. The molecule has 2 rings (SSSR count). The van der Waals surface area contributed by atoms with E-state index in [0.29, 0.717) is 32.3 Å². The fourth-order valence-corrected chi connectivity index (χ4v) is 2.59. The smallest absolute Gasteiger partial charge is 0.0840 e. The summed E-state index contributed by atoms with van der Waals surface area (Å²) in [7, 11) is 0. The molecule has 2 aliphatic rings. The molecule has 3 unspecified atom stereocenters. The van der Waals surface area contributed by atoms with Crippen LogP contribution in [0, 0.1) is 5.92 Å². The summed E-state index contributed by atoms with van der Waals surface area (Å²) in [5.41, 5.74) is 0. The molecule has 0 N–H and O–H groups in total. The Balaban J connectivity index is 1.89. The van der Waals surface area contributed by atoms with Gasteiger partial charge in [-0.2, -0.15) is 0 Å². The first kappa shape index (κ1) is 11.6. The second-order valence-electron chi connectivity index (χ2n) is 4.26. The zero-order valence-corrected chi connectivity index (χ0v) is 9.75. The fourth-order valence-electron chi connectivity index (χ4n) is 2.31. The highest BCUT2D eigenvalue weighted by atomic mass is 35.5. The highest BCUT2D eigenvalue weighted by Gasteiger charge is 2.31. The summed E-state index contributed by atoms with van der Waals surface area (Å²) in [5, 5.41) is 0. The highest BCUT2D eigenvalue weighted by Crippen LogP contribution is 2.29. The van der Waals surface area contributed by atoms with Crippen LogP contribution in [-0.2, 0) is 14.2 Å². The minimum atomic E-state index is 0.226. The maximum atomic E-state index is 5.90. The molecule has 0 aromatic rings. The normalized spacial score (nSPS) is 38.6. The van der Waals surface area contributed by atoms with Gasteiger partial charge in [-0.1, -0.05) is 0 Å². The predicted octanol–water partition coefficient (Wildman–Crippen LogP) is 1.83. The Kier molecular flexibility index (Phi) is 4.69. The van der Waals surface area contributed by atoms with Gasteiger partial charge in [0.2, 0.25) is 0 Å². The van der Waals surface area contributed by atoms with Crippen LogP contribution in [0.15, 0.2) is 0 Å². The number of ether oxygens (including phenoxy) is 3. The molecule has 0 radical (unpaired) electrons. The third-order valence-corrected chi connectivity index (χ3v) is 3.61. The van der Waals surface area contributed by atoms with Crippen molar-refractivity contribution in [2.45, 2.75) is 31.5 Å². The molecule has 4 heteroatoms. The van der Waals surface area contributed by atoms with Gasteiger partial charge >= 0.3 is 0 Å². The molecule has 1 saturated carbocycles. The predicted molar refractivity (Wildman–Crippen MR) is 58.4 cm³/mol. The minimum Gasteiger partial charge on any atom is -0.377 e. The van der Waals surface area contributed by atoms with Crippen LogP contribution < -0.4 is 0 Å². The van der Waals surface area contributed by atoms with Crippen LogP contribution in [0.5, 0.6) is 0 Å². The molecule has 2 fully saturated rings. The van der Waals surface area contributed by atoms with E-state index in [2.05, 4.69) is 0 Å². The molecule has 0 aromatic heterocycles. The monoisotopic (exact) mass is 234 g/mol. The summed E-state index contributed by atoms with van der Waals surface area (Å²) in [5.74, 6) is 1.33. The second-order valence-corrected chi connectivity index (χ2v) is 4.57. The van der Waals surface area contributed by atoms with Crippen LogP contribution in [-0.4, -0.2) is 44.5 Å². The lowest BCUT2D eigenvalue weighted by atomic mass is 9.86. The van der Waals surface area contributed by atoms with Crippen molar-refractivity contribution < 1.29 is 14.2 Å². The second kappa shape index (κ2) is 6.04. The lowest BCUT2D eigenvalue weighted by Gasteiger charge is -2.34. The molecule has 88 valence electrons. The maximum absolute atomic E-state index is 5.90. The topological polar surface area (TPSA) is 27.7 Å². The first-order valence-electron chi connectivity index (χ1n) is 5.77. The first-order valence-corrected chi connectivity index (χ1v) is 6.30. The Labute approximate surface area is 96.0 Å². The number of alkyl halides is 1. The number of rotatable bonds is 1. The summed E-state index contributed by atoms with van der Waals surface area (Å²) in [6, 6.07) is 0. The molecule has 15 heavy (non-hydrogen) atoms. The first-order chi connectivity index (χ1) is 7.40. The van der Waals surface area contributed by atoms with Crippen molar-refractivity contribution in [1.29, 1.82) is 0 Å². The molecule has 1 aliphatic carbocycles. The number of fused-ring (bicyclic) bond motifs is 1. The van der Waals surface area contributed by atoms with Crippen molar-refractivity contribution in [3.63, 3.8) is 0 Å². The van der Waals surface area contributed by atoms with Gasteiger partial charge in [0.25, 0.3) is 0 Å². The zero-order valence-electron chi connectivity index (χ0n) is 8.99. The van der Waals surface area contributed by atoms with Crippen LogP contribution in [0.3, 0.4) is 0 Å². The Morgan fingerprint density at radius 1 is 0.933 bits per heavy atom. The Morgan fingerprint density at radius 3 is 2.40 bits per heavy atom. The summed E-state index contributed by atoms with van der Waals surface area (Å²) < 4.78 is 16.9. The van der Waals surface area contributed by atoms with Crippen molar-refractivity contribution in [1.82, 2.24) is 0 Å². The van der Waals surface area contributed by atoms with Gasteiger partial charge in [0.05, 0.1) is 38.6 Å². The Morgan fingerprint density at radius 2 is 1.67 bits per heavy atom. The summed E-state index contributed by atoms with van der Waals surface area (Å²) in [6.07, 6.45) is 3.75. The van der Waals surface area contributed by atoms with Gasteiger partial charge in [-0.25, -0.2) is 0 Å². The van der Waals surface area contributed by atoms with Crippen LogP contribution in [0.2, 0.25) is 0 Å². The van der Waals surface area contributed by atoms with Crippen LogP contribution in [0.1, 0.15) is 19.3 Å². The quantitative estimate of drug-likeness (QED) is 0.648. The minimum absolute atomic E-state index is 0.226. The molecule has 0 amide bonds. The van der Waals surface area contributed by atoms with E-state index in [4.69, 9.17) is 25.8 Å². The molecule has 1 heterocycles. The van der Waals surface area contributed by atoms with E-state index in [1.54, 1.807) is 0 Å². The van der Waals surface area contributed by atoms with E-state index < -0.39 is 0 Å². The molecular formula is C11H19ClO3. The van der Waals surface area contributed by atoms with Crippen molar-refractivity contribution in [2.75, 3.05) is 32.3 Å². The molecule has 0 aromatic carbocycles. The van der Waals surface area contributed by atoms with Crippen molar-refractivity contribution in [3.8, 4) is 0 Å². The van der Waals surface area contributed by atoms with E-state index in [0.717, 1.165) is 25.1 Å². The van der Waals surface area contributed by atoms with Crippen LogP contribution in [0.25, 0.3) is 0 Å². The average molecular weight is 235 g/mol. The fraction of sp³-hybridized carbons (Fsp3) is 1.00. The van der Waals surface area contributed by atoms with E-state index >= 15 is 0 Å². The Hall–Kier alpha value is 0.170. The van der Waals surface area contributed by atoms with Gasteiger partial charge < -0.3 is 14.2 Å². The number of hydrogen-bond acceptors (Lipinski definition) is 3. The number of hydrogen-bond donors (Lipinski definition) is 0. The molecule has 3 atom stereocenters. The Bertz CT molecular complexity index is 189. The molecule has 1 saturated heterocycles. The summed E-state index contributed by atoms with van der Waals surface area (Å²) >= 11 is 5.90. The molecule has 3 nitrogen and oxygen atoms in total.